The number of benzene rings is 1. The predicted molar refractivity (Wildman–Crippen MR) is 82.7 cm³/mol. The average Bonchev–Trinajstić information content (AvgIpc) is 2.44. The molecule has 3 nitrogen and oxygen atoms in total. The van der Waals surface area contributed by atoms with Crippen molar-refractivity contribution in [2.75, 3.05) is 16.9 Å². The fraction of sp³-hybridized carbons (Fsp3) is 0.533. The summed E-state index contributed by atoms with van der Waals surface area (Å²) >= 11 is 1.73. The average molecular weight is 278 g/mol. The van der Waals surface area contributed by atoms with Crippen LogP contribution in [0.5, 0.6) is 0 Å². The van der Waals surface area contributed by atoms with Gasteiger partial charge in [0.05, 0.1) is 6.04 Å². The van der Waals surface area contributed by atoms with E-state index in [0.29, 0.717) is 0 Å². The Morgan fingerprint density at radius 2 is 2.26 bits per heavy atom. The van der Waals surface area contributed by atoms with Crippen LogP contribution < -0.4 is 10.6 Å². The van der Waals surface area contributed by atoms with Gasteiger partial charge in [-0.3, -0.25) is 4.79 Å². The molecule has 1 aromatic carbocycles. The Balaban J connectivity index is 2.20. The zero-order valence-electron chi connectivity index (χ0n) is 11.6. The van der Waals surface area contributed by atoms with Crippen LogP contribution in [0.25, 0.3) is 0 Å². The highest BCUT2D eigenvalue weighted by Gasteiger charge is 2.30. The Kier molecular flexibility index (Phi) is 4.88. The number of rotatable bonds is 4. The van der Waals surface area contributed by atoms with E-state index in [4.69, 9.17) is 5.73 Å². The molecule has 0 bridgehead atoms. The summed E-state index contributed by atoms with van der Waals surface area (Å²) in [7, 11) is 0. The SMILES string of the molecule is CSCC[C@@H](N)C(=O)N1c2ccccc2CCC1C. The molecule has 1 aliphatic heterocycles. The molecule has 2 rings (SSSR count). The largest absolute Gasteiger partial charge is 0.320 e. The number of fused-ring (bicyclic) bond motifs is 1. The summed E-state index contributed by atoms with van der Waals surface area (Å²) in [5, 5.41) is 0. The summed E-state index contributed by atoms with van der Waals surface area (Å²) < 4.78 is 0. The van der Waals surface area contributed by atoms with Gasteiger partial charge in [-0.1, -0.05) is 18.2 Å². The summed E-state index contributed by atoms with van der Waals surface area (Å²) in [5.41, 5.74) is 8.35. The molecule has 1 heterocycles. The number of nitrogens with two attached hydrogens (primary N) is 1. The van der Waals surface area contributed by atoms with Gasteiger partial charge in [0.1, 0.15) is 0 Å². The summed E-state index contributed by atoms with van der Waals surface area (Å²) in [4.78, 5) is 14.5. The smallest absolute Gasteiger partial charge is 0.244 e. The van der Waals surface area contributed by atoms with E-state index in [2.05, 4.69) is 13.0 Å². The van der Waals surface area contributed by atoms with E-state index in [9.17, 15) is 4.79 Å². The molecule has 1 aromatic rings. The Morgan fingerprint density at radius 1 is 1.53 bits per heavy atom. The highest BCUT2D eigenvalue weighted by atomic mass is 32.2. The van der Waals surface area contributed by atoms with Crippen molar-refractivity contribution < 1.29 is 4.79 Å². The second-order valence-electron chi connectivity index (χ2n) is 5.11. The van der Waals surface area contributed by atoms with Crippen LogP contribution in [-0.2, 0) is 11.2 Å². The molecule has 1 unspecified atom stereocenters. The van der Waals surface area contributed by atoms with Gasteiger partial charge in [0.15, 0.2) is 0 Å². The minimum Gasteiger partial charge on any atom is -0.320 e. The first kappa shape index (κ1) is 14.4. The molecule has 0 saturated heterocycles. The standard InChI is InChI=1S/C15H22N2OS/c1-11-7-8-12-5-3-4-6-14(12)17(11)15(18)13(16)9-10-19-2/h3-6,11,13H,7-10,16H2,1-2H3/t11?,13-/m1/s1. The maximum Gasteiger partial charge on any atom is 0.244 e. The minimum absolute atomic E-state index is 0.0636. The summed E-state index contributed by atoms with van der Waals surface area (Å²) in [6.45, 7) is 2.11. The maximum absolute atomic E-state index is 12.6. The Bertz CT molecular complexity index is 450. The number of nitrogens with zero attached hydrogens (tertiary/aromatic N) is 1. The minimum atomic E-state index is -0.388. The quantitative estimate of drug-likeness (QED) is 0.920. The fourth-order valence-corrected chi connectivity index (χ4v) is 3.06. The number of thioether (sulfide) groups is 1. The lowest BCUT2D eigenvalue weighted by Gasteiger charge is -2.36. The molecule has 0 aliphatic carbocycles. The lowest BCUT2D eigenvalue weighted by Crippen LogP contribution is -2.50. The third kappa shape index (κ3) is 3.12. The van der Waals surface area contributed by atoms with Crippen LogP contribution in [0.15, 0.2) is 24.3 Å². The van der Waals surface area contributed by atoms with E-state index < -0.39 is 0 Å². The summed E-state index contributed by atoms with van der Waals surface area (Å²) in [6, 6.07) is 8.01. The van der Waals surface area contributed by atoms with Crippen molar-refractivity contribution in [3.8, 4) is 0 Å². The van der Waals surface area contributed by atoms with Gasteiger partial charge in [0.25, 0.3) is 0 Å². The van der Waals surface area contributed by atoms with Gasteiger partial charge in [-0.15, -0.1) is 0 Å². The van der Waals surface area contributed by atoms with Crippen LogP contribution in [0.1, 0.15) is 25.3 Å². The summed E-state index contributed by atoms with van der Waals surface area (Å²) in [6.07, 6.45) is 4.83. The molecule has 2 atom stereocenters. The molecular weight excluding hydrogens is 256 g/mol. The number of hydrogen-bond acceptors (Lipinski definition) is 3. The van der Waals surface area contributed by atoms with Crippen molar-refractivity contribution in [2.24, 2.45) is 5.73 Å². The van der Waals surface area contributed by atoms with Gasteiger partial charge < -0.3 is 10.6 Å². The van der Waals surface area contributed by atoms with E-state index in [1.165, 1.54) is 5.56 Å². The highest BCUT2D eigenvalue weighted by molar-refractivity contribution is 7.98. The van der Waals surface area contributed by atoms with Crippen molar-refractivity contribution in [1.29, 1.82) is 0 Å². The van der Waals surface area contributed by atoms with Gasteiger partial charge in [-0.25, -0.2) is 0 Å². The number of carbonyl (C=O) groups is 1. The van der Waals surface area contributed by atoms with Gasteiger partial charge >= 0.3 is 0 Å². The van der Waals surface area contributed by atoms with Crippen LogP contribution in [0, 0.1) is 0 Å². The number of aryl methyl sites for hydroxylation is 1. The van der Waals surface area contributed by atoms with Crippen molar-refractivity contribution in [2.45, 2.75) is 38.3 Å². The first-order valence-electron chi connectivity index (χ1n) is 6.80. The van der Waals surface area contributed by atoms with Gasteiger partial charge in [-0.2, -0.15) is 11.8 Å². The van der Waals surface area contributed by atoms with Crippen LogP contribution in [0.2, 0.25) is 0 Å². The first-order chi connectivity index (χ1) is 9.15. The first-order valence-corrected chi connectivity index (χ1v) is 8.20. The molecule has 0 fully saturated rings. The topological polar surface area (TPSA) is 46.3 Å². The van der Waals surface area contributed by atoms with Gasteiger partial charge in [0.2, 0.25) is 5.91 Å². The van der Waals surface area contributed by atoms with Crippen LogP contribution in [-0.4, -0.2) is 30.0 Å². The Hall–Kier alpha value is -1.00. The number of amides is 1. The van der Waals surface area contributed by atoms with E-state index in [-0.39, 0.29) is 18.0 Å². The van der Waals surface area contributed by atoms with E-state index >= 15 is 0 Å². The number of anilines is 1. The molecule has 19 heavy (non-hydrogen) atoms. The van der Waals surface area contributed by atoms with Crippen molar-refractivity contribution >= 4 is 23.4 Å². The monoisotopic (exact) mass is 278 g/mol. The molecule has 1 aliphatic rings. The molecule has 1 amide bonds. The van der Waals surface area contributed by atoms with Gasteiger partial charge in [-0.05, 0) is 49.8 Å². The molecule has 104 valence electrons. The van der Waals surface area contributed by atoms with Gasteiger partial charge in [0, 0.05) is 11.7 Å². The highest BCUT2D eigenvalue weighted by Crippen LogP contribution is 2.31. The van der Waals surface area contributed by atoms with Crippen LogP contribution >= 0.6 is 11.8 Å². The molecule has 0 radical (unpaired) electrons. The maximum atomic E-state index is 12.6. The molecular formula is C15H22N2OS. The van der Waals surface area contributed by atoms with E-state index in [1.54, 1.807) is 11.8 Å². The second-order valence-corrected chi connectivity index (χ2v) is 6.10. The van der Waals surface area contributed by atoms with Crippen molar-refractivity contribution in [3.63, 3.8) is 0 Å². The number of hydrogen-bond donors (Lipinski definition) is 1. The fourth-order valence-electron chi connectivity index (χ4n) is 2.57. The molecule has 2 N–H and O–H groups in total. The van der Waals surface area contributed by atoms with Crippen LogP contribution in [0.4, 0.5) is 5.69 Å². The molecule has 4 heteroatoms. The third-order valence-corrected chi connectivity index (χ3v) is 4.35. The zero-order chi connectivity index (χ0) is 13.8. The number of carbonyl (C=O) groups excluding carboxylic acids is 1. The van der Waals surface area contributed by atoms with Crippen molar-refractivity contribution in [3.05, 3.63) is 29.8 Å². The zero-order valence-corrected chi connectivity index (χ0v) is 12.5. The summed E-state index contributed by atoms with van der Waals surface area (Å²) in [5.74, 6) is 0.991. The molecule has 0 saturated carbocycles. The lowest BCUT2D eigenvalue weighted by molar-refractivity contribution is -0.120. The van der Waals surface area contributed by atoms with Crippen molar-refractivity contribution in [1.82, 2.24) is 0 Å². The third-order valence-electron chi connectivity index (χ3n) is 3.71. The number of para-hydroxylation sites is 1. The lowest BCUT2D eigenvalue weighted by atomic mass is 9.95. The Morgan fingerprint density at radius 3 is 3.00 bits per heavy atom. The Labute approximate surface area is 119 Å². The van der Waals surface area contributed by atoms with Crippen LogP contribution in [0.3, 0.4) is 0 Å². The molecule has 0 aromatic heterocycles. The van der Waals surface area contributed by atoms with E-state index in [0.717, 1.165) is 30.7 Å². The normalized spacial score (nSPS) is 19.9. The molecule has 0 spiro atoms. The second kappa shape index (κ2) is 6.44. The van der Waals surface area contributed by atoms with E-state index in [1.807, 2.05) is 29.4 Å². The predicted octanol–water partition coefficient (Wildman–Crippen LogP) is 2.43.